The largest absolute Gasteiger partial charge is 0.508 e. The van der Waals surface area contributed by atoms with E-state index in [0.717, 1.165) is 42.0 Å². The third kappa shape index (κ3) is 4.91. The Balaban J connectivity index is 1.29. The van der Waals surface area contributed by atoms with Crippen molar-refractivity contribution in [1.29, 1.82) is 0 Å². The zero-order valence-electron chi connectivity index (χ0n) is 20.7. The lowest BCUT2D eigenvalue weighted by Crippen LogP contribution is -2.46. The van der Waals surface area contributed by atoms with Crippen molar-refractivity contribution in [1.82, 2.24) is 14.3 Å². The van der Waals surface area contributed by atoms with Gasteiger partial charge in [-0.3, -0.25) is 4.79 Å². The van der Waals surface area contributed by atoms with Gasteiger partial charge < -0.3 is 14.9 Å². The summed E-state index contributed by atoms with van der Waals surface area (Å²) in [4.78, 5) is 31.1. The minimum absolute atomic E-state index is 0.186. The van der Waals surface area contributed by atoms with E-state index in [-0.39, 0.29) is 17.2 Å². The molecule has 4 aromatic rings. The van der Waals surface area contributed by atoms with E-state index in [0.29, 0.717) is 11.3 Å². The molecule has 1 saturated heterocycles. The molecule has 0 amide bonds. The summed E-state index contributed by atoms with van der Waals surface area (Å²) in [6.07, 6.45) is 1.46. The highest BCUT2D eigenvalue weighted by molar-refractivity contribution is 9.10. The lowest BCUT2D eigenvalue weighted by atomic mass is 9.93. The first-order valence-corrected chi connectivity index (χ1v) is 12.9. The number of anilines is 2. The Hall–Kier alpha value is -3.85. The molecule has 3 aromatic carbocycles. The maximum atomic E-state index is 13.3. The van der Waals surface area contributed by atoms with Crippen LogP contribution in [0.4, 0.5) is 11.4 Å². The van der Waals surface area contributed by atoms with E-state index in [9.17, 15) is 14.7 Å². The molecule has 9 heteroatoms. The highest BCUT2D eigenvalue weighted by atomic mass is 79.9. The number of aromatic nitrogens is 3. The van der Waals surface area contributed by atoms with Crippen LogP contribution in [0.25, 0.3) is 5.69 Å². The number of rotatable bonds is 6. The summed E-state index contributed by atoms with van der Waals surface area (Å²) >= 11 is 3.38. The summed E-state index contributed by atoms with van der Waals surface area (Å²) in [5.74, 6) is 0.0843. The summed E-state index contributed by atoms with van der Waals surface area (Å²) in [7, 11) is 0. The molecular weight excluding hydrogens is 534 g/mol. The minimum atomic E-state index is -1.15. The summed E-state index contributed by atoms with van der Waals surface area (Å²) in [6.45, 7) is 6.89. The minimum Gasteiger partial charge on any atom is -0.508 e. The number of hydrogen-bond acceptors (Lipinski definition) is 6. The van der Waals surface area contributed by atoms with Gasteiger partial charge >= 0.3 is 5.69 Å². The molecule has 1 aliphatic rings. The fourth-order valence-corrected chi connectivity index (χ4v) is 4.89. The third-order valence-electron chi connectivity index (χ3n) is 6.85. The standard InChI is InChI=1S/C28H28BrN5O3/c1-28(2,26(36)20-3-5-21(29)6-4-20)34-27(37)33(19-30-34)24-9-7-22(8-10-24)31-15-17-32(18-16-31)23-11-13-25(35)14-12-23/h3-14,19,35H,15-18H2,1-2H3. The number of piperazine rings is 1. The van der Waals surface area contributed by atoms with Crippen molar-refractivity contribution < 1.29 is 9.90 Å². The van der Waals surface area contributed by atoms with Crippen molar-refractivity contribution in [2.45, 2.75) is 19.4 Å². The van der Waals surface area contributed by atoms with E-state index in [2.05, 4.69) is 30.8 Å². The first kappa shape index (κ1) is 24.8. The second kappa shape index (κ2) is 9.89. The Kier molecular flexibility index (Phi) is 6.64. The van der Waals surface area contributed by atoms with Gasteiger partial charge in [-0.15, -0.1) is 0 Å². The van der Waals surface area contributed by atoms with Crippen molar-refractivity contribution in [3.8, 4) is 11.4 Å². The Bertz CT molecular complexity index is 1450. The maximum absolute atomic E-state index is 13.3. The molecular formula is C28H28BrN5O3. The van der Waals surface area contributed by atoms with E-state index < -0.39 is 5.54 Å². The van der Waals surface area contributed by atoms with E-state index >= 15 is 0 Å². The highest BCUT2D eigenvalue weighted by Crippen LogP contribution is 2.24. The molecule has 0 bridgehead atoms. The van der Waals surface area contributed by atoms with Crippen LogP contribution in [0, 0.1) is 0 Å². The van der Waals surface area contributed by atoms with Gasteiger partial charge in [0.05, 0.1) is 5.69 Å². The molecule has 0 saturated carbocycles. The van der Waals surface area contributed by atoms with Gasteiger partial charge in [-0.2, -0.15) is 9.78 Å². The Labute approximate surface area is 223 Å². The fraction of sp³-hybridized carbons (Fsp3) is 0.250. The molecule has 1 fully saturated rings. The first-order valence-electron chi connectivity index (χ1n) is 12.1. The first-order chi connectivity index (χ1) is 17.7. The lowest BCUT2D eigenvalue weighted by molar-refractivity contribution is 0.0828. The van der Waals surface area contributed by atoms with Crippen molar-refractivity contribution >= 4 is 33.1 Å². The molecule has 0 unspecified atom stereocenters. The van der Waals surface area contributed by atoms with Crippen molar-refractivity contribution in [2.24, 2.45) is 0 Å². The van der Waals surface area contributed by atoms with Crippen LogP contribution < -0.4 is 15.5 Å². The molecule has 190 valence electrons. The summed E-state index contributed by atoms with van der Waals surface area (Å²) in [5, 5.41) is 13.8. The molecule has 2 heterocycles. The monoisotopic (exact) mass is 561 g/mol. The van der Waals surface area contributed by atoms with Gasteiger partial charge in [-0.25, -0.2) is 9.36 Å². The van der Waals surface area contributed by atoms with Gasteiger partial charge in [0.15, 0.2) is 5.78 Å². The number of carbonyl (C=O) groups is 1. The number of aromatic hydroxyl groups is 1. The predicted molar refractivity (Wildman–Crippen MR) is 148 cm³/mol. The van der Waals surface area contributed by atoms with Crippen LogP contribution in [0.5, 0.6) is 5.75 Å². The highest BCUT2D eigenvalue weighted by Gasteiger charge is 2.34. The number of ketones is 1. The van der Waals surface area contributed by atoms with Crippen LogP contribution in [0.2, 0.25) is 0 Å². The van der Waals surface area contributed by atoms with Crippen molar-refractivity contribution in [2.75, 3.05) is 36.0 Å². The van der Waals surface area contributed by atoms with E-state index in [1.54, 1.807) is 50.2 Å². The average Bonchev–Trinajstić information content (AvgIpc) is 3.31. The SMILES string of the molecule is CC(C)(C(=O)c1ccc(Br)cc1)n1ncn(-c2ccc(N3CCN(c4ccc(O)cc4)CC3)cc2)c1=O. The quantitative estimate of drug-likeness (QED) is 0.350. The number of phenols is 1. The average molecular weight is 562 g/mol. The Morgan fingerprint density at radius 3 is 1.84 bits per heavy atom. The molecule has 0 aliphatic carbocycles. The second-order valence-corrected chi connectivity index (χ2v) is 10.5. The summed E-state index contributed by atoms with van der Waals surface area (Å²) < 4.78 is 3.59. The fourth-order valence-electron chi connectivity index (χ4n) is 4.63. The van der Waals surface area contributed by atoms with E-state index in [1.165, 1.54) is 15.6 Å². The molecule has 8 nitrogen and oxygen atoms in total. The number of hydrogen-bond donors (Lipinski definition) is 1. The number of benzene rings is 3. The predicted octanol–water partition coefficient (Wildman–Crippen LogP) is 4.45. The molecule has 5 rings (SSSR count). The summed E-state index contributed by atoms with van der Waals surface area (Å²) in [6, 6.07) is 22.2. The van der Waals surface area contributed by atoms with Gasteiger partial charge in [-0.1, -0.05) is 28.1 Å². The molecule has 1 aromatic heterocycles. The Morgan fingerprint density at radius 1 is 0.811 bits per heavy atom. The smallest absolute Gasteiger partial charge is 0.351 e. The molecule has 1 N–H and O–H groups in total. The van der Waals surface area contributed by atoms with Crippen LogP contribution >= 0.6 is 15.9 Å². The third-order valence-corrected chi connectivity index (χ3v) is 7.38. The number of Topliss-reactive ketones (excluding diaryl/α,β-unsaturated/α-hetero) is 1. The normalized spacial score (nSPS) is 14.1. The number of nitrogens with zero attached hydrogens (tertiary/aromatic N) is 5. The van der Waals surface area contributed by atoms with Crippen LogP contribution in [-0.4, -0.2) is 51.4 Å². The van der Waals surface area contributed by atoms with Crippen LogP contribution in [0.15, 0.2) is 88.4 Å². The Morgan fingerprint density at radius 2 is 1.30 bits per heavy atom. The van der Waals surface area contributed by atoms with Crippen molar-refractivity contribution in [3.63, 3.8) is 0 Å². The number of phenolic OH excluding ortho intramolecular Hbond substituents is 1. The van der Waals surface area contributed by atoms with Gasteiger partial charge in [0.2, 0.25) is 0 Å². The molecule has 0 atom stereocenters. The van der Waals surface area contributed by atoms with Gasteiger partial charge in [0, 0.05) is 47.6 Å². The van der Waals surface area contributed by atoms with E-state index in [4.69, 9.17) is 0 Å². The van der Waals surface area contributed by atoms with Crippen LogP contribution in [0.1, 0.15) is 24.2 Å². The number of carbonyl (C=O) groups excluding carboxylic acids is 1. The summed E-state index contributed by atoms with van der Waals surface area (Å²) in [5.41, 5.74) is 1.88. The number of halogens is 1. The molecule has 1 aliphatic heterocycles. The van der Waals surface area contributed by atoms with Gasteiger partial charge in [0.25, 0.3) is 0 Å². The van der Waals surface area contributed by atoms with Crippen molar-refractivity contribution in [3.05, 3.63) is 99.6 Å². The topological polar surface area (TPSA) is 83.6 Å². The zero-order chi connectivity index (χ0) is 26.2. The molecule has 0 spiro atoms. The lowest BCUT2D eigenvalue weighted by Gasteiger charge is -2.37. The van der Waals surface area contributed by atoms with Gasteiger partial charge in [0.1, 0.15) is 17.6 Å². The van der Waals surface area contributed by atoms with Crippen LogP contribution in [-0.2, 0) is 5.54 Å². The zero-order valence-corrected chi connectivity index (χ0v) is 22.3. The van der Waals surface area contributed by atoms with Gasteiger partial charge in [-0.05, 0) is 74.5 Å². The molecule has 37 heavy (non-hydrogen) atoms. The molecule has 0 radical (unpaired) electrons. The van der Waals surface area contributed by atoms with E-state index in [1.807, 2.05) is 36.4 Å². The van der Waals surface area contributed by atoms with Crippen LogP contribution in [0.3, 0.4) is 0 Å². The maximum Gasteiger partial charge on any atom is 0.351 e. The second-order valence-electron chi connectivity index (χ2n) is 9.60.